The van der Waals surface area contributed by atoms with Crippen LogP contribution in [0.3, 0.4) is 0 Å². The number of nitrogens with zero attached hydrogens (tertiary/aromatic N) is 4. The molecule has 33 heavy (non-hydrogen) atoms. The maximum atomic E-state index is 14.7. The highest BCUT2D eigenvalue weighted by Gasteiger charge is 2.52. The van der Waals surface area contributed by atoms with Crippen LogP contribution in [-0.4, -0.2) is 47.0 Å². The second-order valence-electron chi connectivity index (χ2n) is 7.23. The molecule has 174 valence electrons. The first-order valence-corrected chi connectivity index (χ1v) is 9.52. The van der Waals surface area contributed by atoms with E-state index in [1.54, 1.807) is 6.07 Å². The Hall–Kier alpha value is -3.77. The summed E-state index contributed by atoms with van der Waals surface area (Å²) in [5.74, 6) is -0.437. The predicted molar refractivity (Wildman–Crippen MR) is 108 cm³/mol. The molecule has 0 aliphatic carbocycles. The number of pyridine rings is 1. The molecule has 1 aliphatic rings. The van der Waals surface area contributed by atoms with Crippen molar-refractivity contribution in [3.05, 3.63) is 48.0 Å². The summed E-state index contributed by atoms with van der Waals surface area (Å²) in [5, 5.41) is 2.91. The first-order chi connectivity index (χ1) is 15.6. The quantitative estimate of drug-likeness (QED) is 0.549. The van der Waals surface area contributed by atoms with E-state index in [-0.39, 0.29) is 17.4 Å². The van der Waals surface area contributed by atoms with E-state index in [4.69, 9.17) is 10.5 Å². The normalized spacial score (nSPS) is 20.8. The van der Waals surface area contributed by atoms with Crippen LogP contribution < -0.4 is 15.8 Å². The van der Waals surface area contributed by atoms with Gasteiger partial charge in [-0.2, -0.15) is 13.2 Å². The molecule has 0 radical (unpaired) electrons. The van der Waals surface area contributed by atoms with Gasteiger partial charge in [-0.15, -0.1) is 0 Å². The molecule has 0 saturated heterocycles. The van der Waals surface area contributed by atoms with Crippen molar-refractivity contribution in [1.82, 2.24) is 15.0 Å². The van der Waals surface area contributed by atoms with Crippen molar-refractivity contribution < 1.29 is 31.4 Å². The summed E-state index contributed by atoms with van der Waals surface area (Å²) in [6, 6.07) is 4.18. The van der Waals surface area contributed by atoms with Gasteiger partial charge in [0, 0.05) is 23.9 Å². The molecule has 3 heterocycles. The first kappa shape index (κ1) is 22.4. The van der Waals surface area contributed by atoms with Gasteiger partial charge >= 0.3 is 6.18 Å². The lowest BCUT2D eigenvalue weighted by atomic mass is 9.84. The number of amidine groups is 1. The van der Waals surface area contributed by atoms with E-state index in [0.29, 0.717) is 11.0 Å². The van der Waals surface area contributed by atoms with Crippen LogP contribution in [0.5, 0.6) is 5.88 Å². The molecule has 0 bridgehead atoms. The topological polar surface area (TPSA) is 108 Å². The van der Waals surface area contributed by atoms with Crippen molar-refractivity contribution in [3.8, 4) is 5.88 Å². The molecule has 4 rings (SSSR count). The average molecular weight is 468 g/mol. The van der Waals surface area contributed by atoms with Gasteiger partial charge in [0.05, 0.1) is 18.8 Å². The number of anilines is 2. The van der Waals surface area contributed by atoms with Crippen molar-refractivity contribution in [2.45, 2.75) is 24.2 Å². The molecular formula is C20H17F5N6O2. The molecule has 0 fully saturated rings. The second kappa shape index (κ2) is 8.30. The monoisotopic (exact) mass is 468 g/mol. The largest absolute Gasteiger partial charge is 0.480 e. The highest BCUT2D eigenvalue weighted by molar-refractivity contribution is 5.87. The van der Waals surface area contributed by atoms with E-state index >= 15 is 0 Å². The summed E-state index contributed by atoms with van der Waals surface area (Å²) < 4.78 is 78.3. The van der Waals surface area contributed by atoms with Crippen molar-refractivity contribution in [2.75, 3.05) is 19.1 Å². The number of fused-ring (bicyclic) bond motifs is 1. The number of aliphatic imine (C=N–C) groups is 1. The lowest BCUT2D eigenvalue weighted by Crippen LogP contribution is -2.48. The minimum absolute atomic E-state index is 0.209. The lowest BCUT2D eigenvalue weighted by molar-refractivity contribution is -0.209. The summed E-state index contributed by atoms with van der Waals surface area (Å²) in [5.41, 5.74) is 3.78. The Morgan fingerprint density at radius 3 is 2.76 bits per heavy atom. The van der Waals surface area contributed by atoms with Crippen LogP contribution in [0.1, 0.15) is 12.0 Å². The molecule has 2 atom stereocenters. The third-order valence-electron chi connectivity index (χ3n) is 5.07. The summed E-state index contributed by atoms with van der Waals surface area (Å²) in [6.07, 6.45) is -5.44. The number of rotatable bonds is 5. The molecule has 0 saturated carbocycles. The minimum atomic E-state index is -4.85. The molecule has 1 aromatic carbocycles. The van der Waals surface area contributed by atoms with Gasteiger partial charge in [0.15, 0.2) is 11.9 Å². The molecule has 0 unspecified atom stereocenters. The molecule has 3 aromatic rings. The molecule has 2 aromatic heterocycles. The molecule has 3 N–H and O–H groups in total. The Kier molecular flexibility index (Phi) is 5.64. The fourth-order valence-electron chi connectivity index (χ4n) is 3.50. The van der Waals surface area contributed by atoms with E-state index in [1.165, 1.54) is 25.6 Å². The van der Waals surface area contributed by atoms with Gasteiger partial charge in [-0.3, -0.25) is 0 Å². The van der Waals surface area contributed by atoms with Crippen LogP contribution in [0.15, 0.2) is 41.7 Å². The maximum absolute atomic E-state index is 14.7. The molecule has 0 spiro atoms. The van der Waals surface area contributed by atoms with E-state index in [2.05, 4.69) is 30.0 Å². The highest BCUT2D eigenvalue weighted by atomic mass is 19.4. The van der Waals surface area contributed by atoms with Crippen molar-refractivity contribution in [3.63, 3.8) is 0 Å². The number of methoxy groups -OCH3 is 1. The molecule has 1 aliphatic heterocycles. The van der Waals surface area contributed by atoms with Gasteiger partial charge in [-0.05, 0) is 24.3 Å². The Labute approximate surface area is 183 Å². The predicted octanol–water partition coefficient (Wildman–Crippen LogP) is 3.75. The Balaban J connectivity index is 1.74. The Bertz CT molecular complexity index is 1220. The molecule has 0 amide bonds. The van der Waals surface area contributed by atoms with Crippen LogP contribution in [0.4, 0.5) is 33.5 Å². The zero-order chi connectivity index (χ0) is 23.8. The molecule has 13 heteroatoms. The number of halogens is 5. The van der Waals surface area contributed by atoms with E-state index in [1.807, 2.05) is 0 Å². The number of nitrogens with two attached hydrogens (primary N) is 1. The number of ether oxygens (including phenoxy) is 2. The SMILES string of the molecule is COc1cnc2c(Nc3ccc(F)c([C@]4(CF)C[C@@H](C(F)(F)F)OC(N)=N4)c3)nccc2n1. The molecule has 8 nitrogen and oxygen atoms in total. The fourth-order valence-corrected chi connectivity index (χ4v) is 3.50. The number of nitrogens with one attached hydrogen (secondary N) is 1. The highest BCUT2D eigenvalue weighted by Crippen LogP contribution is 2.42. The van der Waals surface area contributed by atoms with Gasteiger partial charge in [-0.25, -0.2) is 28.7 Å². The van der Waals surface area contributed by atoms with E-state index < -0.39 is 48.3 Å². The summed E-state index contributed by atoms with van der Waals surface area (Å²) >= 11 is 0. The van der Waals surface area contributed by atoms with Gasteiger partial charge in [0.25, 0.3) is 6.02 Å². The molecular weight excluding hydrogens is 451 g/mol. The van der Waals surface area contributed by atoms with Gasteiger partial charge in [0.2, 0.25) is 5.88 Å². The zero-order valence-corrected chi connectivity index (χ0v) is 17.0. The average Bonchev–Trinajstić information content (AvgIpc) is 2.79. The van der Waals surface area contributed by atoms with E-state index in [0.717, 1.165) is 12.1 Å². The Morgan fingerprint density at radius 1 is 1.27 bits per heavy atom. The summed E-state index contributed by atoms with van der Waals surface area (Å²) in [4.78, 5) is 16.4. The third-order valence-corrected chi connectivity index (χ3v) is 5.07. The maximum Gasteiger partial charge on any atom is 0.425 e. The van der Waals surface area contributed by atoms with Gasteiger partial charge in [0.1, 0.15) is 23.5 Å². The number of hydrogen-bond acceptors (Lipinski definition) is 8. The van der Waals surface area contributed by atoms with Crippen LogP contribution in [0.2, 0.25) is 0 Å². The summed E-state index contributed by atoms with van der Waals surface area (Å²) in [6.45, 7) is -1.43. The first-order valence-electron chi connectivity index (χ1n) is 9.52. The van der Waals surface area contributed by atoms with E-state index in [9.17, 15) is 22.0 Å². The van der Waals surface area contributed by atoms with Gasteiger partial charge < -0.3 is 20.5 Å². The number of hydrogen-bond donors (Lipinski definition) is 2. The zero-order valence-electron chi connectivity index (χ0n) is 17.0. The second-order valence-corrected chi connectivity index (χ2v) is 7.23. The lowest BCUT2D eigenvalue weighted by Gasteiger charge is -2.36. The minimum Gasteiger partial charge on any atom is -0.480 e. The van der Waals surface area contributed by atoms with Crippen LogP contribution in [0, 0.1) is 5.82 Å². The standard InChI is InChI=1S/C20H17F5N6O2/c1-32-15-8-28-16-13(30-15)4-5-27-17(16)29-10-2-3-12(22)11(6-10)19(9-21)7-14(20(23,24)25)33-18(26)31-19/h2-6,8,14H,7,9H2,1H3,(H2,26,31)(H,27,29)/t14-,19+/m0/s1. The van der Waals surface area contributed by atoms with Crippen LogP contribution >= 0.6 is 0 Å². The smallest absolute Gasteiger partial charge is 0.425 e. The van der Waals surface area contributed by atoms with Crippen LogP contribution in [-0.2, 0) is 10.3 Å². The van der Waals surface area contributed by atoms with Crippen molar-refractivity contribution >= 4 is 28.6 Å². The fraction of sp³-hybridized carbons (Fsp3) is 0.300. The number of alkyl halides is 4. The summed E-state index contributed by atoms with van der Waals surface area (Å²) in [7, 11) is 1.44. The number of benzene rings is 1. The number of aromatic nitrogens is 3. The Morgan fingerprint density at radius 2 is 2.06 bits per heavy atom. The van der Waals surface area contributed by atoms with Gasteiger partial charge in [-0.1, -0.05) is 0 Å². The van der Waals surface area contributed by atoms with Crippen molar-refractivity contribution in [1.29, 1.82) is 0 Å². The van der Waals surface area contributed by atoms with Crippen molar-refractivity contribution in [2.24, 2.45) is 10.7 Å². The van der Waals surface area contributed by atoms with Crippen LogP contribution in [0.25, 0.3) is 11.0 Å². The third kappa shape index (κ3) is 4.30.